The molecule has 2 saturated carbocycles. The van der Waals surface area contributed by atoms with Gasteiger partial charge in [-0.1, -0.05) is 0 Å². The Morgan fingerprint density at radius 2 is 1.84 bits per heavy atom. The van der Waals surface area contributed by atoms with Crippen LogP contribution in [0.5, 0.6) is 11.8 Å². The molecule has 5 aromatic rings. The van der Waals surface area contributed by atoms with Crippen LogP contribution >= 0.6 is 0 Å². The summed E-state index contributed by atoms with van der Waals surface area (Å²) in [5.41, 5.74) is 12.1. The molecule has 1 aromatic carbocycles. The molecule has 2 unspecified atom stereocenters. The number of carbonyl (C=O) groups is 1. The number of nitrogens with zero attached hydrogens (tertiary/aromatic N) is 7. The van der Waals surface area contributed by atoms with Crippen LogP contribution in [0.2, 0.25) is 0 Å². The third-order valence-electron chi connectivity index (χ3n) is 9.53. The van der Waals surface area contributed by atoms with Crippen molar-refractivity contribution < 1.29 is 14.3 Å². The third kappa shape index (κ3) is 4.16. The molecule has 3 atom stereocenters. The molecule has 8 rings (SSSR count). The van der Waals surface area contributed by atoms with E-state index < -0.39 is 0 Å². The van der Waals surface area contributed by atoms with Gasteiger partial charge in [-0.2, -0.15) is 0 Å². The summed E-state index contributed by atoms with van der Waals surface area (Å²) in [7, 11) is 5.19. The smallest absolute Gasteiger partial charge is 0.316 e. The lowest BCUT2D eigenvalue weighted by atomic mass is 10.1. The first kappa shape index (κ1) is 26.1. The van der Waals surface area contributed by atoms with Crippen LogP contribution in [0.15, 0.2) is 42.7 Å². The van der Waals surface area contributed by atoms with Gasteiger partial charge < -0.3 is 29.2 Å². The van der Waals surface area contributed by atoms with Gasteiger partial charge in [0.2, 0.25) is 0 Å². The van der Waals surface area contributed by atoms with Crippen LogP contribution in [0.1, 0.15) is 36.0 Å². The predicted octanol–water partition coefficient (Wildman–Crippen LogP) is 4.04. The Labute approximate surface area is 248 Å². The second-order valence-electron chi connectivity index (χ2n) is 12.1. The minimum atomic E-state index is -0.00265. The van der Waals surface area contributed by atoms with Crippen LogP contribution in [0.3, 0.4) is 0 Å². The SMILES string of the molecule is COc1ncc(-c2ccc3cc(-c4nc5cc(C(=O)N6CC7CCC6[C@@H]7N)cc(OC)c5n4C)n(CC4CC4)c3n2)cn1. The van der Waals surface area contributed by atoms with Gasteiger partial charge in [-0.3, -0.25) is 4.79 Å². The van der Waals surface area contributed by atoms with Crippen molar-refractivity contribution >= 4 is 28.0 Å². The van der Waals surface area contributed by atoms with E-state index in [1.807, 2.05) is 30.1 Å². The Bertz CT molecular complexity index is 1890. The largest absolute Gasteiger partial charge is 0.494 e. The summed E-state index contributed by atoms with van der Waals surface area (Å²) in [6.07, 6.45) is 7.93. The van der Waals surface area contributed by atoms with Crippen LogP contribution in [0, 0.1) is 11.8 Å². The molecule has 3 aliphatic rings. The van der Waals surface area contributed by atoms with Crippen molar-refractivity contribution in [2.24, 2.45) is 24.6 Å². The molecule has 43 heavy (non-hydrogen) atoms. The average molecular weight is 579 g/mol. The highest BCUT2D eigenvalue weighted by molar-refractivity contribution is 6.00. The summed E-state index contributed by atoms with van der Waals surface area (Å²) in [4.78, 5) is 34.3. The highest BCUT2D eigenvalue weighted by atomic mass is 16.5. The molecule has 1 saturated heterocycles. The number of likely N-dealkylation sites (tertiary alicyclic amines) is 1. The van der Waals surface area contributed by atoms with E-state index >= 15 is 0 Å². The number of aromatic nitrogens is 6. The number of hydrogen-bond donors (Lipinski definition) is 1. The molecule has 11 nitrogen and oxygen atoms in total. The predicted molar refractivity (Wildman–Crippen MR) is 162 cm³/mol. The first-order valence-electron chi connectivity index (χ1n) is 14.9. The molecule has 1 aliphatic heterocycles. The van der Waals surface area contributed by atoms with Crippen molar-refractivity contribution in [3.63, 3.8) is 0 Å². The van der Waals surface area contributed by atoms with Crippen LogP contribution in [0.4, 0.5) is 0 Å². The van der Waals surface area contributed by atoms with Crippen LogP contribution in [-0.2, 0) is 13.6 Å². The maximum absolute atomic E-state index is 13.7. The van der Waals surface area contributed by atoms with E-state index in [1.54, 1.807) is 26.6 Å². The van der Waals surface area contributed by atoms with E-state index in [-0.39, 0.29) is 18.0 Å². The van der Waals surface area contributed by atoms with Crippen LogP contribution < -0.4 is 15.2 Å². The molecule has 2 aliphatic carbocycles. The number of pyridine rings is 1. The monoisotopic (exact) mass is 578 g/mol. The van der Waals surface area contributed by atoms with E-state index in [0.717, 1.165) is 70.8 Å². The fourth-order valence-corrected chi connectivity index (χ4v) is 7.04. The van der Waals surface area contributed by atoms with E-state index in [0.29, 0.717) is 29.2 Å². The Balaban J connectivity index is 1.23. The topological polar surface area (TPSA) is 126 Å². The number of benzene rings is 1. The van der Waals surface area contributed by atoms with Gasteiger partial charge >= 0.3 is 6.01 Å². The Hall–Kier alpha value is -4.51. The van der Waals surface area contributed by atoms with Gasteiger partial charge in [0.25, 0.3) is 5.91 Å². The fourth-order valence-electron chi connectivity index (χ4n) is 7.04. The van der Waals surface area contributed by atoms with Gasteiger partial charge in [-0.05, 0) is 67.9 Å². The van der Waals surface area contributed by atoms with E-state index in [2.05, 4.69) is 31.2 Å². The second kappa shape index (κ2) is 9.77. The zero-order chi connectivity index (χ0) is 29.4. The number of fused-ring (bicyclic) bond motifs is 4. The molecule has 3 fully saturated rings. The number of nitrogens with two attached hydrogens (primary N) is 1. The molecule has 220 valence electrons. The van der Waals surface area contributed by atoms with E-state index in [1.165, 1.54) is 12.8 Å². The number of amides is 1. The molecule has 2 bridgehead atoms. The standard InChI is InChI=1S/C32H34N8O3/c1-38-28-23(10-20(12-26(28)42-2)31(41)40-16-19-7-9-24(40)27(19)33)37-30(38)25-11-18-6-8-22(21-13-34-32(43-3)35-14-21)36-29(18)39(25)15-17-4-5-17/h6,8,10-14,17,19,24,27H,4-5,7,9,15-16,33H2,1-3H3/t19?,24?,27-/m1/s1. The zero-order valence-electron chi connectivity index (χ0n) is 24.5. The van der Waals surface area contributed by atoms with Gasteiger partial charge in [0.05, 0.1) is 31.1 Å². The number of imidazole rings is 1. The number of aryl methyl sites for hydroxylation is 1. The average Bonchev–Trinajstić information content (AvgIpc) is 3.44. The molecule has 2 N–H and O–H groups in total. The highest BCUT2D eigenvalue weighted by Gasteiger charge is 2.47. The molecule has 0 radical (unpaired) electrons. The quantitative estimate of drug-likeness (QED) is 0.307. The zero-order valence-corrected chi connectivity index (χ0v) is 24.5. The molecule has 1 amide bonds. The molecular formula is C32H34N8O3. The van der Waals surface area contributed by atoms with Crippen molar-refractivity contribution in [2.75, 3.05) is 20.8 Å². The third-order valence-corrected chi connectivity index (χ3v) is 9.53. The first-order valence-corrected chi connectivity index (χ1v) is 14.9. The van der Waals surface area contributed by atoms with Crippen LogP contribution in [-0.4, -0.2) is 72.7 Å². The van der Waals surface area contributed by atoms with Gasteiger partial charge in [0.1, 0.15) is 16.9 Å². The van der Waals surface area contributed by atoms with Gasteiger partial charge in [-0.15, -0.1) is 0 Å². The number of carbonyl (C=O) groups excluding carboxylic acids is 1. The van der Waals surface area contributed by atoms with E-state index in [4.69, 9.17) is 25.2 Å². The van der Waals surface area contributed by atoms with Crippen molar-refractivity contribution in [1.29, 1.82) is 0 Å². The highest BCUT2D eigenvalue weighted by Crippen LogP contribution is 2.40. The fraction of sp³-hybridized carbons (Fsp3) is 0.406. The summed E-state index contributed by atoms with van der Waals surface area (Å²) >= 11 is 0. The van der Waals surface area contributed by atoms with Gasteiger partial charge in [-0.25, -0.2) is 19.9 Å². The lowest BCUT2D eigenvalue weighted by molar-refractivity contribution is 0.0700. The first-order chi connectivity index (χ1) is 20.9. The number of piperidine rings is 1. The minimum absolute atomic E-state index is 0.00265. The van der Waals surface area contributed by atoms with Crippen molar-refractivity contribution in [3.05, 3.63) is 48.3 Å². The molecule has 4 aromatic heterocycles. The molecule has 5 heterocycles. The molecule has 11 heteroatoms. The number of hydrogen-bond acceptors (Lipinski definition) is 8. The van der Waals surface area contributed by atoms with E-state index in [9.17, 15) is 4.79 Å². The van der Waals surface area contributed by atoms with Crippen molar-refractivity contribution in [2.45, 2.75) is 44.3 Å². The Kier molecular flexibility index (Phi) is 5.94. The molecular weight excluding hydrogens is 544 g/mol. The molecule has 0 spiro atoms. The van der Waals surface area contributed by atoms with Gasteiger partial charge in [0, 0.05) is 61.1 Å². The Morgan fingerprint density at radius 1 is 1.02 bits per heavy atom. The summed E-state index contributed by atoms with van der Waals surface area (Å²) in [6.45, 7) is 1.58. The van der Waals surface area contributed by atoms with Crippen molar-refractivity contribution in [3.8, 4) is 34.5 Å². The summed E-state index contributed by atoms with van der Waals surface area (Å²) < 4.78 is 15.3. The number of methoxy groups -OCH3 is 2. The lowest BCUT2D eigenvalue weighted by Gasteiger charge is -2.27. The van der Waals surface area contributed by atoms with Crippen LogP contribution in [0.25, 0.3) is 44.8 Å². The second-order valence-corrected chi connectivity index (χ2v) is 12.1. The van der Waals surface area contributed by atoms with Crippen molar-refractivity contribution in [1.82, 2.24) is 34.0 Å². The normalized spacial score (nSPS) is 21.3. The maximum Gasteiger partial charge on any atom is 0.316 e. The maximum atomic E-state index is 13.7. The Morgan fingerprint density at radius 3 is 2.51 bits per heavy atom. The minimum Gasteiger partial charge on any atom is -0.494 e. The van der Waals surface area contributed by atoms with Gasteiger partial charge in [0.15, 0.2) is 5.82 Å². The summed E-state index contributed by atoms with van der Waals surface area (Å²) in [6, 6.07) is 10.5. The summed E-state index contributed by atoms with van der Waals surface area (Å²) in [5, 5.41) is 1.03. The number of ether oxygens (including phenoxy) is 2. The number of rotatable bonds is 7. The lowest BCUT2D eigenvalue weighted by Crippen LogP contribution is -2.41. The summed E-state index contributed by atoms with van der Waals surface area (Å²) in [5.74, 6) is 2.42.